The zero-order valence-electron chi connectivity index (χ0n) is 14.7. The minimum atomic E-state index is -1.25. The third-order valence-corrected chi connectivity index (χ3v) is 5.11. The van der Waals surface area contributed by atoms with E-state index in [1.54, 1.807) is 49.4 Å². The maximum atomic E-state index is 12.8. The molecule has 27 heavy (non-hydrogen) atoms. The molecule has 0 radical (unpaired) electrons. The van der Waals surface area contributed by atoms with Crippen molar-refractivity contribution in [3.8, 4) is 0 Å². The number of halogens is 2. The van der Waals surface area contributed by atoms with Crippen LogP contribution in [0.15, 0.2) is 42.5 Å². The first-order valence-electron chi connectivity index (χ1n) is 8.17. The van der Waals surface area contributed by atoms with Crippen molar-refractivity contribution in [3.05, 3.63) is 63.6 Å². The molecule has 1 saturated heterocycles. The molecular formula is C19H17Cl2N3O3. The van der Waals surface area contributed by atoms with E-state index in [1.165, 1.54) is 0 Å². The predicted octanol–water partition coefficient (Wildman–Crippen LogP) is 3.71. The molecule has 1 aliphatic heterocycles. The second-order valence-electron chi connectivity index (χ2n) is 6.47. The SMILES string of the molecule is Cc1ccc(NC(=O)CN2C(=O)N[C@](C)(c3ccc(Cl)cc3)C2=O)cc1Cl. The number of amides is 4. The van der Waals surface area contributed by atoms with Crippen LogP contribution in [-0.2, 0) is 15.1 Å². The zero-order valence-corrected chi connectivity index (χ0v) is 16.2. The first-order chi connectivity index (χ1) is 12.7. The molecule has 2 aromatic carbocycles. The Balaban J connectivity index is 1.74. The lowest BCUT2D eigenvalue weighted by molar-refractivity contribution is -0.133. The van der Waals surface area contributed by atoms with E-state index in [2.05, 4.69) is 10.6 Å². The van der Waals surface area contributed by atoms with Crippen LogP contribution < -0.4 is 10.6 Å². The van der Waals surface area contributed by atoms with Gasteiger partial charge in [-0.3, -0.25) is 14.5 Å². The van der Waals surface area contributed by atoms with E-state index in [9.17, 15) is 14.4 Å². The first-order valence-corrected chi connectivity index (χ1v) is 8.92. The van der Waals surface area contributed by atoms with Gasteiger partial charge in [0, 0.05) is 15.7 Å². The van der Waals surface area contributed by atoms with Crippen molar-refractivity contribution >= 4 is 46.7 Å². The van der Waals surface area contributed by atoms with Crippen LogP contribution in [0.5, 0.6) is 0 Å². The van der Waals surface area contributed by atoms with Gasteiger partial charge in [-0.15, -0.1) is 0 Å². The Morgan fingerprint density at radius 3 is 2.44 bits per heavy atom. The van der Waals surface area contributed by atoms with E-state index in [4.69, 9.17) is 23.2 Å². The molecular weight excluding hydrogens is 389 g/mol. The monoisotopic (exact) mass is 405 g/mol. The van der Waals surface area contributed by atoms with Crippen LogP contribution in [0.25, 0.3) is 0 Å². The molecule has 140 valence electrons. The number of hydrogen-bond donors (Lipinski definition) is 2. The van der Waals surface area contributed by atoms with Gasteiger partial charge in [-0.1, -0.05) is 41.4 Å². The number of imide groups is 1. The van der Waals surface area contributed by atoms with Crippen LogP contribution in [0.1, 0.15) is 18.1 Å². The summed E-state index contributed by atoms with van der Waals surface area (Å²) in [4.78, 5) is 38.3. The maximum absolute atomic E-state index is 12.8. The second kappa shape index (κ2) is 7.21. The molecule has 6 nitrogen and oxygen atoms in total. The fourth-order valence-corrected chi connectivity index (χ4v) is 3.14. The molecule has 3 rings (SSSR count). The summed E-state index contributed by atoms with van der Waals surface area (Å²) < 4.78 is 0. The van der Waals surface area contributed by atoms with Gasteiger partial charge in [-0.25, -0.2) is 4.79 Å². The number of nitrogens with zero attached hydrogens (tertiary/aromatic N) is 1. The smallest absolute Gasteiger partial charge is 0.324 e. The predicted molar refractivity (Wildman–Crippen MR) is 104 cm³/mol. The number of carbonyl (C=O) groups excluding carboxylic acids is 3. The van der Waals surface area contributed by atoms with Crippen molar-refractivity contribution in [1.82, 2.24) is 10.2 Å². The number of urea groups is 1. The molecule has 1 fully saturated rings. The summed E-state index contributed by atoms with van der Waals surface area (Å²) in [5.74, 6) is -1.01. The van der Waals surface area contributed by atoms with Crippen LogP contribution in [0.3, 0.4) is 0 Å². The summed E-state index contributed by atoms with van der Waals surface area (Å²) in [7, 11) is 0. The molecule has 1 heterocycles. The normalized spacial score (nSPS) is 19.2. The second-order valence-corrected chi connectivity index (χ2v) is 7.31. The van der Waals surface area contributed by atoms with Gasteiger partial charge in [0.1, 0.15) is 12.1 Å². The first kappa shape index (κ1) is 19.2. The van der Waals surface area contributed by atoms with E-state index in [-0.39, 0.29) is 0 Å². The minimum absolute atomic E-state index is 0.403. The minimum Gasteiger partial charge on any atom is -0.324 e. The molecule has 0 spiro atoms. The molecule has 0 aromatic heterocycles. The van der Waals surface area contributed by atoms with Gasteiger partial charge in [-0.2, -0.15) is 0 Å². The average molecular weight is 406 g/mol. The largest absolute Gasteiger partial charge is 0.325 e. The highest BCUT2D eigenvalue weighted by molar-refractivity contribution is 6.31. The van der Waals surface area contributed by atoms with Crippen LogP contribution in [0.2, 0.25) is 10.0 Å². The molecule has 4 amide bonds. The van der Waals surface area contributed by atoms with Crippen molar-refractivity contribution in [2.45, 2.75) is 19.4 Å². The lowest BCUT2D eigenvalue weighted by Crippen LogP contribution is -2.42. The standard InChI is InChI=1S/C19H17Cl2N3O3/c1-11-3-8-14(9-15(11)21)22-16(25)10-24-17(26)19(2,23-18(24)27)12-4-6-13(20)7-5-12/h3-9H,10H2,1-2H3,(H,22,25)(H,23,27)/t19-/m1/s1. The van der Waals surface area contributed by atoms with Crippen LogP contribution in [-0.4, -0.2) is 29.3 Å². The van der Waals surface area contributed by atoms with E-state index in [1.807, 2.05) is 6.92 Å². The summed E-state index contributed by atoms with van der Waals surface area (Å²) in [5, 5.41) is 6.32. The molecule has 0 saturated carbocycles. The van der Waals surface area contributed by atoms with Crippen molar-refractivity contribution in [2.75, 3.05) is 11.9 Å². The zero-order chi connectivity index (χ0) is 19.8. The number of nitrogens with one attached hydrogen (secondary N) is 2. The van der Waals surface area contributed by atoms with Gasteiger partial charge in [0.2, 0.25) is 5.91 Å². The van der Waals surface area contributed by atoms with E-state index in [0.717, 1.165) is 10.5 Å². The Hall–Kier alpha value is -2.57. The number of carbonyl (C=O) groups is 3. The number of aryl methyl sites for hydroxylation is 1. The highest BCUT2D eigenvalue weighted by Crippen LogP contribution is 2.29. The number of anilines is 1. The molecule has 0 unspecified atom stereocenters. The Kier molecular flexibility index (Phi) is 5.13. The third kappa shape index (κ3) is 3.77. The van der Waals surface area contributed by atoms with Gasteiger partial charge < -0.3 is 10.6 Å². The average Bonchev–Trinajstić information content (AvgIpc) is 2.83. The fraction of sp³-hybridized carbons (Fsp3) is 0.211. The van der Waals surface area contributed by atoms with Gasteiger partial charge in [0.15, 0.2) is 0 Å². The summed E-state index contributed by atoms with van der Waals surface area (Å²) in [6.07, 6.45) is 0. The highest BCUT2D eigenvalue weighted by atomic mass is 35.5. The third-order valence-electron chi connectivity index (χ3n) is 4.45. The van der Waals surface area contributed by atoms with Gasteiger partial charge in [-0.05, 0) is 49.2 Å². The molecule has 1 atom stereocenters. The van der Waals surface area contributed by atoms with Crippen LogP contribution in [0.4, 0.5) is 10.5 Å². The number of rotatable bonds is 4. The summed E-state index contributed by atoms with van der Waals surface area (Å²) in [5.41, 5.74) is 0.693. The molecule has 0 aliphatic carbocycles. The summed E-state index contributed by atoms with van der Waals surface area (Å²) in [6, 6.07) is 11.0. The topological polar surface area (TPSA) is 78.5 Å². The summed E-state index contributed by atoms with van der Waals surface area (Å²) in [6.45, 7) is 3.03. The van der Waals surface area contributed by atoms with E-state index < -0.39 is 29.9 Å². The lowest BCUT2D eigenvalue weighted by Gasteiger charge is -2.22. The molecule has 1 aliphatic rings. The quantitative estimate of drug-likeness (QED) is 0.760. The summed E-state index contributed by atoms with van der Waals surface area (Å²) >= 11 is 11.9. The van der Waals surface area contributed by atoms with Gasteiger partial charge in [0.05, 0.1) is 0 Å². The van der Waals surface area contributed by atoms with Gasteiger partial charge >= 0.3 is 6.03 Å². The van der Waals surface area contributed by atoms with Crippen LogP contribution >= 0.6 is 23.2 Å². The number of benzene rings is 2. The van der Waals surface area contributed by atoms with Gasteiger partial charge in [0.25, 0.3) is 5.91 Å². The van der Waals surface area contributed by atoms with E-state index in [0.29, 0.717) is 21.3 Å². The molecule has 2 aromatic rings. The Morgan fingerprint density at radius 1 is 1.15 bits per heavy atom. The van der Waals surface area contributed by atoms with Crippen molar-refractivity contribution in [1.29, 1.82) is 0 Å². The maximum Gasteiger partial charge on any atom is 0.325 e. The Labute approximate surface area is 166 Å². The Bertz CT molecular complexity index is 930. The Morgan fingerprint density at radius 2 is 1.81 bits per heavy atom. The van der Waals surface area contributed by atoms with E-state index >= 15 is 0 Å². The molecule has 0 bridgehead atoms. The van der Waals surface area contributed by atoms with Crippen LogP contribution in [0, 0.1) is 6.92 Å². The van der Waals surface area contributed by atoms with Crippen molar-refractivity contribution in [3.63, 3.8) is 0 Å². The molecule has 2 N–H and O–H groups in total. The number of hydrogen-bond acceptors (Lipinski definition) is 3. The fourth-order valence-electron chi connectivity index (χ4n) is 2.83. The lowest BCUT2D eigenvalue weighted by atomic mass is 9.92. The molecule has 8 heteroatoms. The van der Waals surface area contributed by atoms with Crippen molar-refractivity contribution in [2.24, 2.45) is 0 Å². The highest BCUT2D eigenvalue weighted by Gasteiger charge is 2.49. The van der Waals surface area contributed by atoms with Crippen molar-refractivity contribution < 1.29 is 14.4 Å².